The van der Waals surface area contributed by atoms with Crippen LogP contribution in [0.2, 0.25) is 0 Å². The van der Waals surface area contributed by atoms with Gasteiger partial charge in [-0.15, -0.1) is 0 Å². The van der Waals surface area contributed by atoms with Gasteiger partial charge in [-0.3, -0.25) is 14.0 Å². The summed E-state index contributed by atoms with van der Waals surface area (Å²) in [6, 6.07) is 11.1. The van der Waals surface area contributed by atoms with E-state index < -0.39 is 0 Å². The highest BCUT2D eigenvalue weighted by Gasteiger charge is 2.15. The molecule has 3 aromatic heterocycles. The van der Waals surface area contributed by atoms with Crippen LogP contribution >= 0.6 is 0 Å². The van der Waals surface area contributed by atoms with E-state index >= 15 is 0 Å². The van der Waals surface area contributed by atoms with Crippen LogP contribution in [-0.2, 0) is 20.7 Å². The molecule has 0 aliphatic carbocycles. The van der Waals surface area contributed by atoms with Crippen LogP contribution in [0, 0.1) is 6.92 Å². The van der Waals surface area contributed by atoms with E-state index in [1.165, 1.54) is 0 Å². The monoisotopic (exact) mass is 463 g/mol. The summed E-state index contributed by atoms with van der Waals surface area (Å²) in [7, 11) is 1.55. The van der Waals surface area contributed by atoms with E-state index in [1.54, 1.807) is 30.0 Å². The van der Waals surface area contributed by atoms with Crippen LogP contribution in [0.1, 0.15) is 34.8 Å². The molecule has 1 amide bonds. The molecule has 0 unspecified atom stereocenters. The molecule has 0 fully saturated rings. The molecule has 1 N–H and O–H groups in total. The van der Waals surface area contributed by atoms with Crippen molar-refractivity contribution in [3.05, 3.63) is 65.9 Å². The third-order valence-electron chi connectivity index (χ3n) is 5.18. The van der Waals surface area contributed by atoms with Crippen molar-refractivity contribution in [2.45, 2.75) is 26.2 Å². The number of carbonyl (C=O) groups is 2. The topological polar surface area (TPSA) is 121 Å². The lowest BCUT2D eigenvalue weighted by atomic mass is 10.1. The minimum atomic E-state index is -0.290. The molecule has 0 radical (unpaired) electrons. The number of imidazole rings is 1. The minimum Gasteiger partial charge on any atom is -0.463 e. The zero-order valence-electron chi connectivity index (χ0n) is 19.0. The van der Waals surface area contributed by atoms with Crippen molar-refractivity contribution in [1.82, 2.24) is 19.5 Å². The number of hydrogen-bond donors (Lipinski definition) is 1. The summed E-state index contributed by atoms with van der Waals surface area (Å²) in [4.78, 5) is 33.2. The molecular weight excluding hydrogens is 438 g/mol. The number of benzene rings is 1. The van der Waals surface area contributed by atoms with Gasteiger partial charge in [0.15, 0.2) is 0 Å². The largest absolute Gasteiger partial charge is 0.463 e. The third-order valence-corrected chi connectivity index (χ3v) is 5.18. The summed E-state index contributed by atoms with van der Waals surface area (Å²) in [5, 5.41) is 6.98. The van der Waals surface area contributed by atoms with Gasteiger partial charge < -0.3 is 19.3 Å². The number of ether oxygens (including phenoxy) is 2. The molecule has 0 aliphatic rings. The van der Waals surface area contributed by atoms with E-state index in [-0.39, 0.29) is 24.9 Å². The normalized spacial score (nSPS) is 11.0. The molecule has 0 saturated carbocycles. The summed E-state index contributed by atoms with van der Waals surface area (Å²) in [6.45, 7) is 2.52. The van der Waals surface area contributed by atoms with E-state index in [9.17, 15) is 9.59 Å². The molecule has 0 spiro atoms. The zero-order chi connectivity index (χ0) is 23.9. The van der Waals surface area contributed by atoms with Gasteiger partial charge in [-0.25, -0.2) is 4.98 Å². The SMILES string of the molecule is COCCOC(=O)CCCc1nc(-c2ccc(C)c(NC(=O)c3cnc4ccccn34)c2)no1. The highest BCUT2D eigenvalue weighted by molar-refractivity contribution is 6.04. The molecule has 0 atom stereocenters. The van der Waals surface area contributed by atoms with Gasteiger partial charge in [0.2, 0.25) is 11.7 Å². The standard InChI is InChI=1S/C24H25N5O5/c1-16-9-10-17(23-27-21(34-28-23)7-5-8-22(30)33-13-12-32-2)14-18(16)26-24(31)19-15-25-20-6-3-4-11-29(19)20/h3-4,6,9-11,14-15H,5,7-8,12-13H2,1-2H3,(H,26,31). The van der Waals surface area contributed by atoms with E-state index in [1.807, 2.05) is 37.3 Å². The highest BCUT2D eigenvalue weighted by atomic mass is 16.6. The number of rotatable bonds is 10. The number of pyridine rings is 1. The van der Waals surface area contributed by atoms with Crippen LogP contribution in [-0.4, -0.2) is 51.7 Å². The molecule has 10 heteroatoms. The first kappa shape index (κ1) is 23.1. The smallest absolute Gasteiger partial charge is 0.305 e. The molecule has 4 aromatic rings. The fourth-order valence-corrected chi connectivity index (χ4v) is 3.35. The number of esters is 1. The molecule has 176 valence electrons. The van der Waals surface area contributed by atoms with Crippen LogP contribution in [0.15, 0.2) is 53.3 Å². The Morgan fingerprint density at radius 2 is 2.06 bits per heavy atom. The maximum Gasteiger partial charge on any atom is 0.305 e. The van der Waals surface area contributed by atoms with Gasteiger partial charge in [0, 0.05) is 37.4 Å². The highest BCUT2D eigenvalue weighted by Crippen LogP contribution is 2.24. The van der Waals surface area contributed by atoms with E-state index in [0.717, 1.165) is 5.56 Å². The second-order valence-corrected chi connectivity index (χ2v) is 7.63. The number of nitrogens with zero attached hydrogens (tertiary/aromatic N) is 4. The number of aromatic nitrogens is 4. The third kappa shape index (κ3) is 5.46. The lowest BCUT2D eigenvalue weighted by Gasteiger charge is -2.09. The van der Waals surface area contributed by atoms with E-state index in [4.69, 9.17) is 14.0 Å². The average molecular weight is 463 g/mol. The van der Waals surface area contributed by atoms with Crippen molar-refractivity contribution < 1.29 is 23.6 Å². The van der Waals surface area contributed by atoms with Crippen molar-refractivity contribution >= 4 is 23.2 Å². The van der Waals surface area contributed by atoms with Crippen LogP contribution < -0.4 is 5.32 Å². The molecule has 10 nitrogen and oxygen atoms in total. The van der Waals surface area contributed by atoms with Crippen LogP contribution in [0.3, 0.4) is 0 Å². The Bertz CT molecular complexity index is 1300. The Kier molecular flexibility index (Phi) is 7.28. The first-order valence-corrected chi connectivity index (χ1v) is 10.9. The average Bonchev–Trinajstić information content (AvgIpc) is 3.48. The lowest BCUT2D eigenvalue weighted by Crippen LogP contribution is -2.15. The number of carbonyl (C=O) groups excluding carboxylic acids is 2. The van der Waals surface area contributed by atoms with Gasteiger partial charge in [-0.2, -0.15) is 4.98 Å². The quantitative estimate of drug-likeness (QED) is 0.280. The van der Waals surface area contributed by atoms with Crippen molar-refractivity contribution in [2.24, 2.45) is 0 Å². The van der Waals surface area contributed by atoms with Crippen LogP contribution in [0.4, 0.5) is 5.69 Å². The van der Waals surface area contributed by atoms with Gasteiger partial charge in [0.05, 0.1) is 12.8 Å². The Hall–Kier alpha value is -4.05. The Labute approximate surface area is 195 Å². The molecule has 1 aromatic carbocycles. The first-order chi connectivity index (χ1) is 16.5. The maximum absolute atomic E-state index is 12.9. The lowest BCUT2D eigenvalue weighted by molar-refractivity contribution is -0.145. The second kappa shape index (κ2) is 10.7. The van der Waals surface area contributed by atoms with Gasteiger partial charge in [0.1, 0.15) is 17.9 Å². The van der Waals surface area contributed by atoms with Gasteiger partial charge in [-0.1, -0.05) is 23.4 Å². The van der Waals surface area contributed by atoms with Crippen molar-refractivity contribution in [1.29, 1.82) is 0 Å². The number of hydrogen-bond acceptors (Lipinski definition) is 8. The number of nitrogens with one attached hydrogen (secondary N) is 1. The molecule has 34 heavy (non-hydrogen) atoms. The van der Waals surface area contributed by atoms with Crippen molar-refractivity contribution in [3.8, 4) is 11.4 Å². The van der Waals surface area contributed by atoms with E-state index in [0.29, 0.717) is 53.8 Å². The minimum absolute atomic E-state index is 0.240. The first-order valence-electron chi connectivity index (χ1n) is 10.9. The Morgan fingerprint density at radius 1 is 1.18 bits per heavy atom. The second-order valence-electron chi connectivity index (χ2n) is 7.63. The Morgan fingerprint density at radius 3 is 2.91 bits per heavy atom. The fraction of sp³-hybridized carbons (Fsp3) is 0.292. The maximum atomic E-state index is 12.9. The number of aryl methyl sites for hydroxylation is 2. The summed E-state index contributed by atoms with van der Waals surface area (Å²) >= 11 is 0. The van der Waals surface area contributed by atoms with Crippen molar-refractivity contribution in [2.75, 3.05) is 25.6 Å². The summed E-state index contributed by atoms with van der Waals surface area (Å²) in [6.07, 6.45) is 4.58. The molecular formula is C24H25N5O5. The van der Waals surface area contributed by atoms with Crippen molar-refractivity contribution in [3.63, 3.8) is 0 Å². The van der Waals surface area contributed by atoms with Crippen LogP contribution in [0.5, 0.6) is 0 Å². The molecule has 3 heterocycles. The summed E-state index contributed by atoms with van der Waals surface area (Å²) < 4.78 is 16.9. The number of amides is 1. The van der Waals surface area contributed by atoms with E-state index in [2.05, 4.69) is 20.4 Å². The van der Waals surface area contributed by atoms with Gasteiger partial charge in [0.25, 0.3) is 5.91 Å². The number of methoxy groups -OCH3 is 1. The number of fused-ring (bicyclic) bond motifs is 1. The number of anilines is 1. The molecule has 0 saturated heterocycles. The summed E-state index contributed by atoms with van der Waals surface area (Å²) in [5.74, 6) is 0.270. The molecule has 0 bridgehead atoms. The summed E-state index contributed by atoms with van der Waals surface area (Å²) in [5.41, 5.74) is 3.36. The van der Waals surface area contributed by atoms with Crippen LogP contribution in [0.25, 0.3) is 17.0 Å². The van der Waals surface area contributed by atoms with Gasteiger partial charge >= 0.3 is 5.97 Å². The molecule has 0 aliphatic heterocycles. The molecule has 4 rings (SSSR count). The zero-order valence-corrected chi connectivity index (χ0v) is 19.0. The van der Waals surface area contributed by atoms with Gasteiger partial charge in [-0.05, 0) is 37.1 Å². The Balaban J connectivity index is 1.40. The predicted molar refractivity (Wildman–Crippen MR) is 123 cm³/mol. The predicted octanol–water partition coefficient (Wildman–Crippen LogP) is 3.46. The fourth-order valence-electron chi connectivity index (χ4n) is 3.35.